The highest BCUT2D eigenvalue weighted by molar-refractivity contribution is 6.04. The van der Waals surface area contributed by atoms with Crippen LogP contribution in [-0.4, -0.2) is 62.1 Å². The van der Waals surface area contributed by atoms with E-state index in [2.05, 4.69) is 5.32 Å². The summed E-state index contributed by atoms with van der Waals surface area (Å²) in [6.07, 6.45) is 2.37. The smallest absolute Gasteiger partial charge is 0.268 e. The highest BCUT2D eigenvalue weighted by Crippen LogP contribution is 2.36. The topological polar surface area (TPSA) is 97.4 Å². The number of methoxy groups -OCH3 is 1. The summed E-state index contributed by atoms with van der Waals surface area (Å²) in [4.78, 5) is 41.4. The molecule has 9 heteroatoms. The largest absolute Gasteiger partial charge is 0.497 e. The van der Waals surface area contributed by atoms with Gasteiger partial charge in [-0.05, 0) is 56.5 Å². The van der Waals surface area contributed by atoms with Crippen LogP contribution in [0.25, 0.3) is 0 Å². The molecular formula is C25H29N3O6. The molecule has 0 aromatic heterocycles. The summed E-state index contributed by atoms with van der Waals surface area (Å²) in [5, 5.41) is 2.77. The maximum absolute atomic E-state index is 12.9. The van der Waals surface area contributed by atoms with Crippen LogP contribution in [0, 0.1) is 0 Å². The molecule has 180 valence electrons. The number of anilines is 2. The van der Waals surface area contributed by atoms with Crippen LogP contribution >= 0.6 is 0 Å². The average molecular weight is 468 g/mol. The third-order valence-electron chi connectivity index (χ3n) is 5.86. The van der Waals surface area contributed by atoms with Gasteiger partial charge in [0, 0.05) is 24.8 Å². The number of fused-ring (bicyclic) bond motifs is 1. The predicted octanol–water partition coefficient (Wildman–Crippen LogP) is 2.84. The zero-order chi connectivity index (χ0) is 24.1. The summed E-state index contributed by atoms with van der Waals surface area (Å²) in [5.41, 5.74) is 0.930. The molecule has 0 saturated carbocycles. The first kappa shape index (κ1) is 23.4. The average Bonchev–Trinajstić information content (AvgIpc) is 2.86. The molecule has 4 rings (SSSR count). The van der Waals surface area contributed by atoms with E-state index in [9.17, 15) is 14.4 Å². The van der Waals surface area contributed by atoms with E-state index in [0.29, 0.717) is 41.7 Å². The summed E-state index contributed by atoms with van der Waals surface area (Å²) >= 11 is 0. The van der Waals surface area contributed by atoms with E-state index in [1.807, 2.05) is 0 Å². The van der Waals surface area contributed by atoms with E-state index in [0.717, 1.165) is 19.3 Å². The van der Waals surface area contributed by atoms with Crippen molar-refractivity contribution in [2.24, 2.45) is 0 Å². The van der Waals surface area contributed by atoms with Gasteiger partial charge in [0.15, 0.2) is 12.7 Å². The van der Waals surface area contributed by atoms with Gasteiger partial charge in [0.1, 0.15) is 23.8 Å². The second kappa shape index (κ2) is 10.5. The minimum Gasteiger partial charge on any atom is -0.497 e. The number of nitrogens with zero attached hydrogens (tertiary/aromatic N) is 2. The Balaban J connectivity index is 1.44. The van der Waals surface area contributed by atoms with Crippen LogP contribution in [-0.2, 0) is 14.4 Å². The van der Waals surface area contributed by atoms with Crippen molar-refractivity contribution < 1.29 is 28.6 Å². The van der Waals surface area contributed by atoms with Gasteiger partial charge in [0.25, 0.3) is 11.8 Å². The van der Waals surface area contributed by atoms with E-state index >= 15 is 0 Å². The van der Waals surface area contributed by atoms with Gasteiger partial charge in [0.05, 0.1) is 12.8 Å². The van der Waals surface area contributed by atoms with Crippen molar-refractivity contribution in [3.63, 3.8) is 0 Å². The van der Waals surface area contributed by atoms with E-state index in [1.165, 1.54) is 4.90 Å². The molecule has 2 aromatic rings. The second-order valence-corrected chi connectivity index (χ2v) is 8.32. The molecule has 9 nitrogen and oxygen atoms in total. The van der Waals surface area contributed by atoms with Crippen molar-refractivity contribution in [3.05, 3.63) is 42.5 Å². The molecule has 1 atom stereocenters. The first-order valence-corrected chi connectivity index (χ1v) is 11.4. The fraction of sp³-hybridized carbons (Fsp3) is 0.400. The van der Waals surface area contributed by atoms with Gasteiger partial charge < -0.3 is 24.4 Å². The normalized spacial score (nSPS) is 17.5. The van der Waals surface area contributed by atoms with Crippen LogP contribution in [0.4, 0.5) is 11.4 Å². The van der Waals surface area contributed by atoms with Crippen molar-refractivity contribution in [1.29, 1.82) is 0 Å². The number of nitrogens with one attached hydrogen (secondary N) is 1. The van der Waals surface area contributed by atoms with Crippen LogP contribution in [0.3, 0.4) is 0 Å². The van der Waals surface area contributed by atoms with Crippen LogP contribution in [0.1, 0.15) is 26.2 Å². The fourth-order valence-corrected chi connectivity index (χ4v) is 4.06. The van der Waals surface area contributed by atoms with Gasteiger partial charge in [-0.25, -0.2) is 0 Å². The van der Waals surface area contributed by atoms with Crippen molar-refractivity contribution >= 4 is 29.1 Å². The molecule has 3 amide bonds. The Morgan fingerprint density at radius 1 is 1.09 bits per heavy atom. The van der Waals surface area contributed by atoms with Gasteiger partial charge >= 0.3 is 0 Å². The minimum absolute atomic E-state index is 0.0596. The number of piperidine rings is 1. The number of amides is 3. The molecule has 1 N–H and O–H groups in total. The van der Waals surface area contributed by atoms with Gasteiger partial charge in [-0.2, -0.15) is 0 Å². The van der Waals surface area contributed by atoms with Crippen LogP contribution in [0.5, 0.6) is 17.2 Å². The number of carbonyl (C=O) groups is 3. The number of rotatable bonds is 7. The molecule has 2 aromatic carbocycles. The molecule has 2 aliphatic rings. The zero-order valence-corrected chi connectivity index (χ0v) is 19.4. The third kappa shape index (κ3) is 5.41. The quantitative estimate of drug-likeness (QED) is 0.673. The maximum Gasteiger partial charge on any atom is 0.268 e. The molecular weight excluding hydrogens is 438 g/mol. The van der Waals surface area contributed by atoms with E-state index < -0.39 is 6.10 Å². The Kier molecular flexibility index (Phi) is 7.20. The second-order valence-electron chi connectivity index (χ2n) is 8.32. The lowest BCUT2D eigenvalue weighted by Gasteiger charge is -2.35. The summed E-state index contributed by atoms with van der Waals surface area (Å²) in [7, 11) is 1.56. The third-order valence-corrected chi connectivity index (χ3v) is 5.86. The van der Waals surface area contributed by atoms with Crippen molar-refractivity contribution in [1.82, 2.24) is 4.90 Å². The van der Waals surface area contributed by atoms with Crippen molar-refractivity contribution in [3.8, 4) is 17.2 Å². The first-order chi connectivity index (χ1) is 16.4. The summed E-state index contributed by atoms with van der Waals surface area (Å²) < 4.78 is 16.4. The molecule has 0 aliphatic carbocycles. The molecule has 34 heavy (non-hydrogen) atoms. The molecule has 0 spiro atoms. The van der Waals surface area contributed by atoms with Crippen LogP contribution < -0.4 is 24.4 Å². The fourth-order valence-electron chi connectivity index (χ4n) is 4.06. The van der Waals surface area contributed by atoms with E-state index in [-0.39, 0.29) is 30.9 Å². The SMILES string of the molecule is COc1cccc(OCC(=O)Nc2ccc3c(c2)N(CC(=O)N2CCCCC2)C(=O)C(C)O3)c1. The van der Waals surface area contributed by atoms with Gasteiger partial charge in [-0.15, -0.1) is 0 Å². The molecule has 2 aliphatic heterocycles. The lowest BCUT2D eigenvalue weighted by molar-refractivity contribution is -0.133. The first-order valence-electron chi connectivity index (χ1n) is 11.4. The summed E-state index contributed by atoms with van der Waals surface area (Å²) in [5.74, 6) is 0.886. The summed E-state index contributed by atoms with van der Waals surface area (Å²) in [6, 6.07) is 12.0. The highest BCUT2D eigenvalue weighted by atomic mass is 16.5. The van der Waals surface area contributed by atoms with Gasteiger partial charge in [-0.1, -0.05) is 6.07 Å². The van der Waals surface area contributed by atoms with Crippen molar-refractivity contribution in [2.75, 3.05) is 43.6 Å². The van der Waals surface area contributed by atoms with Gasteiger partial charge in [-0.3, -0.25) is 19.3 Å². The lowest BCUT2D eigenvalue weighted by atomic mass is 10.1. The highest BCUT2D eigenvalue weighted by Gasteiger charge is 2.34. The number of carbonyl (C=O) groups excluding carboxylic acids is 3. The standard InChI is InChI=1S/C25H29N3O6/c1-17-25(31)28(15-24(30)27-11-4-3-5-12-27)21-13-18(9-10-22(21)34-17)26-23(29)16-33-20-8-6-7-19(14-20)32-2/h6-10,13-14,17H,3-5,11-12,15-16H2,1-2H3,(H,26,29). The number of benzene rings is 2. The Hall–Kier alpha value is -3.75. The molecule has 1 unspecified atom stereocenters. The Bertz CT molecular complexity index is 1070. The number of hydrogen-bond donors (Lipinski definition) is 1. The van der Waals surface area contributed by atoms with Crippen LogP contribution in [0.2, 0.25) is 0 Å². The molecule has 0 bridgehead atoms. The Labute approximate surface area is 198 Å². The monoisotopic (exact) mass is 467 g/mol. The lowest BCUT2D eigenvalue weighted by Crippen LogP contribution is -2.50. The predicted molar refractivity (Wildman–Crippen MR) is 126 cm³/mol. The number of ether oxygens (including phenoxy) is 3. The van der Waals surface area contributed by atoms with Crippen molar-refractivity contribution in [2.45, 2.75) is 32.3 Å². The molecule has 2 heterocycles. The molecule has 1 saturated heterocycles. The summed E-state index contributed by atoms with van der Waals surface area (Å²) in [6.45, 7) is 2.82. The number of hydrogen-bond acceptors (Lipinski definition) is 6. The number of likely N-dealkylation sites (tertiary alicyclic amines) is 1. The molecule has 0 radical (unpaired) electrons. The van der Waals surface area contributed by atoms with E-state index in [1.54, 1.807) is 61.4 Å². The van der Waals surface area contributed by atoms with E-state index in [4.69, 9.17) is 14.2 Å². The minimum atomic E-state index is -0.696. The Morgan fingerprint density at radius 3 is 2.62 bits per heavy atom. The maximum atomic E-state index is 12.9. The van der Waals surface area contributed by atoms with Gasteiger partial charge in [0.2, 0.25) is 5.91 Å². The van der Waals surface area contributed by atoms with Crippen LogP contribution in [0.15, 0.2) is 42.5 Å². The zero-order valence-electron chi connectivity index (χ0n) is 19.4. The molecule has 1 fully saturated rings. The Morgan fingerprint density at radius 2 is 1.85 bits per heavy atom.